The normalized spacial score (nSPS) is 23.5. The molecule has 3 heterocycles. The fourth-order valence-electron chi connectivity index (χ4n) is 4.05. The maximum Gasteiger partial charge on any atom is 0.128 e. The maximum absolute atomic E-state index is 13.0. The van der Waals surface area contributed by atoms with Gasteiger partial charge in [0.1, 0.15) is 17.4 Å². The Labute approximate surface area is 154 Å². The summed E-state index contributed by atoms with van der Waals surface area (Å²) in [5.74, 6) is 2.18. The molecule has 2 aliphatic rings. The molecule has 2 saturated heterocycles. The van der Waals surface area contributed by atoms with Crippen LogP contribution in [-0.4, -0.2) is 48.7 Å². The van der Waals surface area contributed by atoms with Crippen molar-refractivity contribution in [2.75, 3.05) is 37.7 Å². The lowest BCUT2D eigenvalue weighted by Gasteiger charge is -2.46. The molecule has 0 amide bonds. The Hall–Kier alpha value is -2.14. The summed E-state index contributed by atoms with van der Waals surface area (Å²) in [7, 11) is 0. The number of piperazine rings is 1. The van der Waals surface area contributed by atoms with Crippen molar-refractivity contribution in [3.05, 3.63) is 54.0 Å². The second-order valence-electron chi connectivity index (χ2n) is 7.44. The molecular weight excluding hydrogens is 329 g/mol. The molecule has 2 aromatic rings. The van der Waals surface area contributed by atoms with Crippen LogP contribution in [0.5, 0.6) is 5.75 Å². The third-order valence-electron chi connectivity index (χ3n) is 5.50. The van der Waals surface area contributed by atoms with E-state index in [0.29, 0.717) is 18.6 Å². The van der Waals surface area contributed by atoms with Gasteiger partial charge in [0.05, 0.1) is 6.61 Å². The molecule has 2 aliphatic heterocycles. The van der Waals surface area contributed by atoms with Crippen molar-refractivity contribution in [3.8, 4) is 5.75 Å². The largest absolute Gasteiger partial charge is 0.493 e. The zero-order valence-electron chi connectivity index (χ0n) is 15.3. The molecule has 0 spiro atoms. The van der Waals surface area contributed by atoms with Crippen molar-refractivity contribution in [1.82, 2.24) is 9.88 Å². The molecule has 2 unspecified atom stereocenters. The third-order valence-corrected chi connectivity index (χ3v) is 5.50. The highest BCUT2D eigenvalue weighted by molar-refractivity contribution is 5.40. The minimum Gasteiger partial charge on any atom is -0.493 e. The molecule has 0 saturated carbocycles. The van der Waals surface area contributed by atoms with Crippen LogP contribution in [0.25, 0.3) is 0 Å². The number of fused-ring (bicyclic) bond motifs is 1. The zero-order chi connectivity index (χ0) is 17.9. The summed E-state index contributed by atoms with van der Waals surface area (Å²) in [5.41, 5.74) is 1.08. The Bertz CT molecular complexity index is 736. The highest BCUT2D eigenvalue weighted by Crippen LogP contribution is 2.27. The van der Waals surface area contributed by atoms with Crippen molar-refractivity contribution in [3.63, 3.8) is 0 Å². The Kier molecular flexibility index (Phi) is 5.07. The van der Waals surface area contributed by atoms with Gasteiger partial charge in [-0.1, -0.05) is 6.07 Å². The Morgan fingerprint density at radius 3 is 2.73 bits per heavy atom. The van der Waals surface area contributed by atoms with Crippen LogP contribution in [0.2, 0.25) is 0 Å². The monoisotopic (exact) mass is 355 g/mol. The first-order valence-electron chi connectivity index (χ1n) is 9.48. The van der Waals surface area contributed by atoms with Gasteiger partial charge in [-0.3, -0.25) is 4.90 Å². The average molecular weight is 355 g/mol. The standard InChI is InChI=1S/C21H26FN3O/c1-16-3-2-4-21(23-16)25-12-11-24-13-17(5-8-19(24)14-25)15-26-20-9-6-18(22)7-10-20/h2-4,6-7,9-10,17,19H,5,8,11-15H2,1H3. The van der Waals surface area contributed by atoms with E-state index in [1.54, 1.807) is 12.1 Å². The number of hydrogen-bond donors (Lipinski definition) is 0. The summed E-state index contributed by atoms with van der Waals surface area (Å²) in [6, 6.07) is 13.2. The quantitative estimate of drug-likeness (QED) is 0.839. The molecule has 1 aromatic carbocycles. The first kappa shape index (κ1) is 17.3. The van der Waals surface area contributed by atoms with Crippen LogP contribution >= 0.6 is 0 Å². The third kappa shape index (κ3) is 3.98. The smallest absolute Gasteiger partial charge is 0.128 e. The van der Waals surface area contributed by atoms with Crippen LogP contribution in [0.3, 0.4) is 0 Å². The number of ether oxygens (including phenoxy) is 1. The predicted octanol–water partition coefficient (Wildman–Crippen LogP) is 3.51. The van der Waals surface area contributed by atoms with Crippen LogP contribution in [0, 0.1) is 18.7 Å². The van der Waals surface area contributed by atoms with Gasteiger partial charge in [-0.25, -0.2) is 9.37 Å². The Morgan fingerprint density at radius 1 is 1.08 bits per heavy atom. The lowest BCUT2D eigenvalue weighted by Crippen LogP contribution is -2.57. The van der Waals surface area contributed by atoms with Gasteiger partial charge in [0.25, 0.3) is 0 Å². The molecule has 138 valence electrons. The first-order chi connectivity index (χ1) is 12.7. The van der Waals surface area contributed by atoms with E-state index < -0.39 is 0 Å². The Morgan fingerprint density at radius 2 is 1.92 bits per heavy atom. The van der Waals surface area contributed by atoms with E-state index in [9.17, 15) is 4.39 Å². The summed E-state index contributed by atoms with van der Waals surface area (Å²) in [4.78, 5) is 9.71. The summed E-state index contributed by atoms with van der Waals surface area (Å²) >= 11 is 0. The van der Waals surface area contributed by atoms with E-state index in [2.05, 4.69) is 26.9 Å². The summed E-state index contributed by atoms with van der Waals surface area (Å²) in [5, 5.41) is 0. The zero-order valence-corrected chi connectivity index (χ0v) is 15.3. The molecule has 0 bridgehead atoms. The van der Waals surface area contributed by atoms with Gasteiger partial charge in [0.15, 0.2) is 0 Å². The first-order valence-corrected chi connectivity index (χ1v) is 9.48. The van der Waals surface area contributed by atoms with Crippen LogP contribution in [0.4, 0.5) is 10.2 Å². The molecule has 2 atom stereocenters. The number of benzene rings is 1. The number of pyridine rings is 1. The molecule has 4 nitrogen and oxygen atoms in total. The molecule has 0 radical (unpaired) electrons. The maximum atomic E-state index is 13.0. The molecule has 0 aliphatic carbocycles. The van der Waals surface area contributed by atoms with E-state index in [1.165, 1.54) is 25.0 Å². The molecule has 0 N–H and O–H groups in total. The number of piperidine rings is 1. The van der Waals surface area contributed by atoms with Crippen LogP contribution in [0.1, 0.15) is 18.5 Å². The highest BCUT2D eigenvalue weighted by Gasteiger charge is 2.33. The average Bonchev–Trinajstić information content (AvgIpc) is 2.67. The fraction of sp³-hybridized carbons (Fsp3) is 0.476. The number of aryl methyl sites for hydroxylation is 1. The topological polar surface area (TPSA) is 28.6 Å². The van der Waals surface area contributed by atoms with Crippen LogP contribution in [0.15, 0.2) is 42.5 Å². The Balaban J connectivity index is 1.30. The number of rotatable bonds is 4. The molecule has 2 fully saturated rings. The summed E-state index contributed by atoms with van der Waals surface area (Å²) in [6.45, 7) is 7.00. The molecule has 5 heteroatoms. The van der Waals surface area contributed by atoms with E-state index in [4.69, 9.17) is 4.74 Å². The van der Waals surface area contributed by atoms with E-state index >= 15 is 0 Å². The van der Waals surface area contributed by atoms with Crippen molar-refractivity contribution < 1.29 is 9.13 Å². The van der Waals surface area contributed by atoms with Gasteiger partial charge in [-0.2, -0.15) is 0 Å². The second kappa shape index (κ2) is 7.62. The van der Waals surface area contributed by atoms with E-state index in [-0.39, 0.29) is 5.82 Å². The van der Waals surface area contributed by atoms with Crippen LogP contribution < -0.4 is 9.64 Å². The molecule has 4 rings (SSSR count). The van der Waals surface area contributed by atoms with Gasteiger partial charge >= 0.3 is 0 Å². The van der Waals surface area contributed by atoms with E-state index in [0.717, 1.165) is 43.4 Å². The number of aromatic nitrogens is 1. The van der Waals surface area contributed by atoms with E-state index in [1.807, 2.05) is 13.0 Å². The van der Waals surface area contributed by atoms with Crippen molar-refractivity contribution in [1.29, 1.82) is 0 Å². The lowest BCUT2D eigenvalue weighted by atomic mass is 9.91. The SMILES string of the molecule is Cc1cccc(N2CCN3CC(COc4ccc(F)cc4)CCC3C2)n1. The fourth-order valence-corrected chi connectivity index (χ4v) is 4.05. The number of nitrogens with zero attached hydrogens (tertiary/aromatic N) is 3. The predicted molar refractivity (Wildman–Crippen MR) is 101 cm³/mol. The highest BCUT2D eigenvalue weighted by atomic mass is 19.1. The van der Waals surface area contributed by atoms with Gasteiger partial charge in [-0.05, 0) is 56.2 Å². The molecular formula is C21H26FN3O. The van der Waals surface area contributed by atoms with Crippen molar-refractivity contribution in [2.24, 2.45) is 5.92 Å². The summed E-state index contributed by atoms with van der Waals surface area (Å²) in [6.07, 6.45) is 2.37. The van der Waals surface area contributed by atoms with Gasteiger partial charge in [0.2, 0.25) is 0 Å². The number of anilines is 1. The number of halogens is 1. The second-order valence-corrected chi connectivity index (χ2v) is 7.44. The minimum absolute atomic E-state index is 0.223. The van der Waals surface area contributed by atoms with Crippen LogP contribution in [-0.2, 0) is 0 Å². The minimum atomic E-state index is -0.223. The van der Waals surface area contributed by atoms with Gasteiger partial charge in [0, 0.05) is 43.8 Å². The van der Waals surface area contributed by atoms with Crippen molar-refractivity contribution in [2.45, 2.75) is 25.8 Å². The summed E-state index contributed by atoms with van der Waals surface area (Å²) < 4.78 is 18.8. The number of hydrogen-bond acceptors (Lipinski definition) is 4. The molecule has 26 heavy (non-hydrogen) atoms. The molecule has 1 aromatic heterocycles. The lowest BCUT2D eigenvalue weighted by molar-refractivity contribution is 0.0727. The van der Waals surface area contributed by atoms with Gasteiger partial charge in [-0.15, -0.1) is 0 Å². The van der Waals surface area contributed by atoms with Crippen molar-refractivity contribution >= 4 is 5.82 Å². The van der Waals surface area contributed by atoms with Gasteiger partial charge < -0.3 is 9.64 Å².